The molecular weight excluding hydrogens is 376 g/mol. The summed E-state index contributed by atoms with van der Waals surface area (Å²) in [6, 6.07) is 21.7. The summed E-state index contributed by atoms with van der Waals surface area (Å²) in [5, 5.41) is 4.67. The van der Waals surface area contributed by atoms with Crippen LogP contribution < -0.4 is 14.9 Å². The number of halogens is 1. The van der Waals surface area contributed by atoms with Gasteiger partial charge in [0.15, 0.2) is 0 Å². The van der Waals surface area contributed by atoms with Crippen molar-refractivity contribution in [1.82, 2.24) is 5.43 Å². The summed E-state index contributed by atoms with van der Waals surface area (Å²) in [5.41, 5.74) is 4.77. The number of amides is 1. The molecule has 1 amide bonds. The van der Waals surface area contributed by atoms with Gasteiger partial charge in [-0.1, -0.05) is 35.9 Å². The Balaban J connectivity index is 1.54. The van der Waals surface area contributed by atoms with Crippen LogP contribution in [0.25, 0.3) is 0 Å². The average molecular weight is 395 g/mol. The summed E-state index contributed by atoms with van der Waals surface area (Å²) in [6.45, 7) is 0.423. The molecule has 0 saturated carbocycles. The monoisotopic (exact) mass is 394 g/mol. The van der Waals surface area contributed by atoms with Crippen LogP contribution in [0.3, 0.4) is 0 Å². The van der Waals surface area contributed by atoms with Gasteiger partial charge < -0.3 is 9.47 Å². The maximum Gasteiger partial charge on any atom is 0.271 e. The van der Waals surface area contributed by atoms with Crippen molar-refractivity contribution in [2.24, 2.45) is 5.10 Å². The Kier molecular flexibility index (Phi) is 6.65. The van der Waals surface area contributed by atoms with E-state index in [1.807, 2.05) is 48.5 Å². The van der Waals surface area contributed by atoms with Crippen LogP contribution in [0.15, 0.2) is 77.9 Å². The minimum atomic E-state index is -0.310. The van der Waals surface area contributed by atoms with Crippen molar-refractivity contribution in [2.75, 3.05) is 7.11 Å². The van der Waals surface area contributed by atoms with E-state index in [0.29, 0.717) is 28.7 Å². The molecule has 6 heteroatoms. The Hall–Kier alpha value is -3.31. The van der Waals surface area contributed by atoms with Crippen molar-refractivity contribution in [3.8, 4) is 11.5 Å². The molecule has 3 aromatic carbocycles. The van der Waals surface area contributed by atoms with E-state index in [0.717, 1.165) is 11.1 Å². The minimum absolute atomic E-state index is 0.310. The smallest absolute Gasteiger partial charge is 0.271 e. The Bertz CT molecular complexity index is 954. The number of hydrogen-bond acceptors (Lipinski definition) is 4. The number of nitrogens with one attached hydrogen (secondary N) is 1. The third kappa shape index (κ3) is 5.34. The highest BCUT2D eigenvalue weighted by molar-refractivity contribution is 6.30. The molecule has 0 saturated heterocycles. The SMILES string of the molecule is COc1ccccc1C=NNC(=O)c1ccc(OCc2ccc(Cl)cc2)cc1. The molecule has 28 heavy (non-hydrogen) atoms. The molecule has 3 aromatic rings. The summed E-state index contributed by atoms with van der Waals surface area (Å²) in [4.78, 5) is 12.2. The van der Waals surface area contributed by atoms with Gasteiger partial charge >= 0.3 is 0 Å². The Morgan fingerprint density at radius 3 is 2.46 bits per heavy atom. The van der Waals surface area contributed by atoms with Gasteiger partial charge in [0.2, 0.25) is 0 Å². The lowest BCUT2D eigenvalue weighted by atomic mass is 10.2. The second kappa shape index (κ2) is 9.58. The van der Waals surface area contributed by atoms with Gasteiger partial charge in [-0.15, -0.1) is 0 Å². The fraction of sp³-hybridized carbons (Fsp3) is 0.0909. The minimum Gasteiger partial charge on any atom is -0.496 e. The number of benzene rings is 3. The lowest BCUT2D eigenvalue weighted by Crippen LogP contribution is -2.17. The first kappa shape index (κ1) is 19.5. The fourth-order valence-electron chi connectivity index (χ4n) is 2.45. The van der Waals surface area contributed by atoms with Crippen LogP contribution >= 0.6 is 11.6 Å². The van der Waals surface area contributed by atoms with Crippen LogP contribution in [0.4, 0.5) is 0 Å². The van der Waals surface area contributed by atoms with Crippen molar-refractivity contribution in [2.45, 2.75) is 6.61 Å². The third-order valence-corrected chi connectivity index (χ3v) is 4.20. The zero-order chi connectivity index (χ0) is 19.8. The van der Waals surface area contributed by atoms with Crippen LogP contribution in [0.1, 0.15) is 21.5 Å². The lowest BCUT2D eigenvalue weighted by Gasteiger charge is -2.07. The van der Waals surface area contributed by atoms with Crippen LogP contribution in [0, 0.1) is 0 Å². The van der Waals surface area contributed by atoms with E-state index in [9.17, 15) is 4.79 Å². The van der Waals surface area contributed by atoms with Gasteiger partial charge in [-0.05, 0) is 54.1 Å². The number of carbonyl (C=O) groups is 1. The molecular formula is C22H19ClN2O3. The Labute approximate surface area is 168 Å². The van der Waals surface area contributed by atoms with Gasteiger partial charge in [0.05, 0.1) is 13.3 Å². The summed E-state index contributed by atoms with van der Waals surface area (Å²) in [6.07, 6.45) is 1.54. The first-order chi connectivity index (χ1) is 13.7. The molecule has 142 valence electrons. The van der Waals surface area contributed by atoms with Crippen molar-refractivity contribution >= 4 is 23.7 Å². The molecule has 1 N–H and O–H groups in total. The molecule has 0 aliphatic carbocycles. The summed E-state index contributed by atoms with van der Waals surface area (Å²) in [5.74, 6) is 1.04. The zero-order valence-corrected chi connectivity index (χ0v) is 16.0. The van der Waals surface area contributed by atoms with Crippen molar-refractivity contribution in [1.29, 1.82) is 0 Å². The van der Waals surface area contributed by atoms with Gasteiger partial charge in [-0.25, -0.2) is 5.43 Å². The van der Waals surface area contributed by atoms with Crippen LogP contribution in [0.2, 0.25) is 5.02 Å². The van der Waals surface area contributed by atoms with Crippen molar-refractivity contribution < 1.29 is 14.3 Å². The highest BCUT2D eigenvalue weighted by Gasteiger charge is 2.05. The molecule has 3 rings (SSSR count). The predicted octanol–water partition coefficient (Wildman–Crippen LogP) is 4.69. The lowest BCUT2D eigenvalue weighted by molar-refractivity contribution is 0.0955. The normalized spacial score (nSPS) is 10.6. The van der Waals surface area contributed by atoms with E-state index >= 15 is 0 Å². The summed E-state index contributed by atoms with van der Waals surface area (Å²) < 4.78 is 10.9. The quantitative estimate of drug-likeness (QED) is 0.467. The first-order valence-corrected chi connectivity index (χ1v) is 8.97. The second-order valence-corrected chi connectivity index (χ2v) is 6.32. The third-order valence-electron chi connectivity index (χ3n) is 3.94. The number of nitrogens with zero attached hydrogens (tertiary/aromatic N) is 1. The standard InChI is InChI=1S/C22H19ClN2O3/c1-27-21-5-3-2-4-18(21)14-24-25-22(26)17-8-12-20(13-9-17)28-15-16-6-10-19(23)11-7-16/h2-14H,15H2,1H3,(H,25,26). The molecule has 0 bridgehead atoms. The summed E-state index contributed by atoms with van der Waals surface area (Å²) >= 11 is 5.87. The van der Waals surface area contributed by atoms with Crippen LogP contribution in [-0.2, 0) is 6.61 Å². The van der Waals surface area contributed by atoms with E-state index in [1.165, 1.54) is 0 Å². The number of carbonyl (C=O) groups excluding carboxylic acids is 1. The molecule has 0 aliphatic heterocycles. The highest BCUT2D eigenvalue weighted by Crippen LogP contribution is 2.16. The maximum atomic E-state index is 12.2. The number of ether oxygens (including phenoxy) is 2. The number of rotatable bonds is 7. The molecule has 0 aromatic heterocycles. The first-order valence-electron chi connectivity index (χ1n) is 8.59. The number of hydrogen-bond donors (Lipinski definition) is 1. The summed E-state index contributed by atoms with van der Waals surface area (Å²) in [7, 11) is 1.59. The molecule has 0 radical (unpaired) electrons. The van der Waals surface area contributed by atoms with E-state index in [4.69, 9.17) is 21.1 Å². The zero-order valence-electron chi connectivity index (χ0n) is 15.3. The number of hydrazone groups is 1. The van der Waals surface area contributed by atoms with E-state index in [1.54, 1.807) is 37.6 Å². The number of methoxy groups -OCH3 is 1. The predicted molar refractivity (Wildman–Crippen MR) is 110 cm³/mol. The molecule has 0 fully saturated rings. The van der Waals surface area contributed by atoms with Crippen LogP contribution in [-0.4, -0.2) is 19.2 Å². The largest absolute Gasteiger partial charge is 0.496 e. The molecule has 0 aliphatic rings. The van der Waals surface area contributed by atoms with Gasteiger partial charge in [0.1, 0.15) is 18.1 Å². The Morgan fingerprint density at radius 2 is 1.75 bits per heavy atom. The average Bonchev–Trinajstić information content (AvgIpc) is 2.74. The van der Waals surface area contributed by atoms with E-state index < -0.39 is 0 Å². The molecule has 0 atom stereocenters. The highest BCUT2D eigenvalue weighted by atomic mass is 35.5. The topological polar surface area (TPSA) is 59.9 Å². The molecule has 0 spiro atoms. The van der Waals surface area contributed by atoms with E-state index in [-0.39, 0.29) is 5.91 Å². The van der Waals surface area contributed by atoms with Crippen molar-refractivity contribution in [3.63, 3.8) is 0 Å². The van der Waals surface area contributed by atoms with Gasteiger partial charge in [-0.3, -0.25) is 4.79 Å². The van der Waals surface area contributed by atoms with Crippen molar-refractivity contribution in [3.05, 3.63) is 94.5 Å². The fourth-order valence-corrected chi connectivity index (χ4v) is 2.57. The van der Waals surface area contributed by atoms with Gasteiger partial charge in [-0.2, -0.15) is 5.10 Å². The van der Waals surface area contributed by atoms with Crippen LogP contribution in [0.5, 0.6) is 11.5 Å². The Morgan fingerprint density at radius 1 is 1.04 bits per heavy atom. The van der Waals surface area contributed by atoms with Gasteiger partial charge in [0, 0.05) is 16.1 Å². The molecule has 0 heterocycles. The second-order valence-electron chi connectivity index (χ2n) is 5.88. The maximum absolute atomic E-state index is 12.2. The van der Waals surface area contributed by atoms with Gasteiger partial charge in [0.25, 0.3) is 5.91 Å². The molecule has 5 nitrogen and oxygen atoms in total. The van der Waals surface area contributed by atoms with E-state index in [2.05, 4.69) is 10.5 Å². The molecule has 0 unspecified atom stereocenters. The number of para-hydroxylation sites is 1.